The molecule has 0 aliphatic rings. The highest BCUT2D eigenvalue weighted by Gasteiger charge is 2.01. The second kappa shape index (κ2) is 1.57. The monoisotopic (exact) mass is 139 g/mol. The van der Waals surface area contributed by atoms with Crippen molar-refractivity contribution in [3.05, 3.63) is 17.2 Å². The maximum Gasteiger partial charge on any atom is 0.141 e. The Balaban J connectivity index is 2.99. The largest absolute Gasteiger partial charge is 0.363 e. The van der Waals surface area contributed by atoms with E-state index in [4.69, 9.17) is 4.52 Å². The molecule has 0 atom stereocenters. The van der Waals surface area contributed by atoms with Crippen molar-refractivity contribution in [2.75, 3.05) is 0 Å². The second-order valence-corrected chi connectivity index (χ2v) is 2.86. The first-order valence-corrected chi connectivity index (χ1v) is 3.54. The van der Waals surface area contributed by atoms with Gasteiger partial charge in [-0.05, 0) is 17.9 Å². The molecule has 0 spiro atoms. The van der Waals surface area contributed by atoms with E-state index >= 15 is 0 Å². The lowest BCUT2D eigenvalue weighted by Gasteiger charge is -1.73. The van der Waals surface area contributed by atoms with Crippen molar-refractivity contribution in [2.45, 2.75) is 6.92 Å². The Morgan fingerprint density at radius 1 is 1.67 bits per heavy atom. The van der Waals surface area contributed by atoms with Crippen molar-refractivity contribution in [1.82, 2.24) is 5.16 Å². The first-order valence-electron chi connectivity index (χ1n) is 2.66. The van der Waals surface area contributed by atoms with Crippen LogP contribution in [0.5, 0.6) is 0 Å². The average molecular weight is 139 g/mol. The van der Waals surface area contributed by atoms with Gasteiger partial charge in [0.1, 0.15) is 11.8 Å². The van der Waals surface area contributed by atoms with E-state index in [1.807, 2.05) is 6.92 Å². The number of fused-ring (bicyclic) bond motifs is 1. The van der Waals surface area contributed by atoms with Gasteiger partial charge in [-0.15, -0.1) is 11.3 Å². The van der Waals surface area contributed by atoms with Gasteiger partial charge in [0.2, 0.25) is 0 Å². The summed E-state index contributed by atoms with van der Waals surface area (Å²) in [5, 5.41) is 5.89. The van der Waals surface area contributed by atoms with E-state index in [2.05, 4.69) is 10.5 Å². The number of nitrogens with zero attached hydrogens (tertiary/aromatic N) is 1. The number of thiophene rings is 1. The van der Waals surface area contributed by atoms with Crippen LogP contribution in [0.2, 0.25) is 0 Å². The zero-order chi connectivity index (χ0) is 6.27. The number of hydrogen-bond donors (Lipinski definition) is 0. The molecule has 46 valence electrons. The SMILES string of the molecule is Cc1csc2conc12. The summed E-state index contributed by atoms with van der Waals surface area (Å²) in [6.07, 6.45) is 1.67. The third-order valence-corrected chi connectivity index (χ3v) is 2.29. The molecule has 0 saturated heterocycles. The van der Waals surface area contributed by atoms with E-state index in [-0.39, 0.29) is 0 Å². The summed E-state index contributed by atoms with van der Waals surface area (Å²) >= 11 is 1.66. The van der Waals surface area contributed by atoms with Gasteiger partial charge < -0.3 is 4.52 Å². The summed E-state index contributed by atoms with van der Waals surface area (Å²) in [7, 11) is 0. The van der Waals surface area contributed by atoms with Crippen molar-refractivity contribution >= 4 is 21.6 Å². The molecule has 0 aliphatic carbocycles. The molecule has 0 saturated carbocycles. The van der Waals surface area contributed by atoms with Crippen molar-refractivity contribution in [3.8, 4) is 0 Å². The van der Waals surface area contributed by atoms with Crippen molar-refractivity contribution in [1.29, 1.82) is 0 Å². The molecule has 0 fully saturated rings. The third kappa shape index (κ3) is 0.580. The molecule has 2 aromatic rings. The molecular weight excluding hydrogens is 134 g/mol. The van der Waals surface area contributed by atoms with Crippen LogP contribution in [0.3, 0.4) is 0 Å². The molecule has 9 heavy (non-hydrogen) atoms. The second-order valence-electron chi connectivity index (χ2n) is 1.95. The smallest absolute Gasteiger partial charge is 0.141 e. The van der Waals surface area contributed by atoms with Gasteiger partial charge in [0, 0.05) is 0 Å². The van der Waals surface area contributed by atoms with Gasteiger partial charge in [-0.1, -0.05) is 5.16 Å². The van der Waals surface area contributed by atoms with Crippen LogP contribution in [-0.4, -0.2) is 5.16 Å². The normalized spacial score (nSPS) is 10.8. The van der Waals surface area contributed by atoms with Crippen LogP contribution in [0.1, 0.15) is 5.56 Å². The highest BCUT2D eigenvalue weighted by atomic mass is 32.1. The minimum atomic E-state index is 1.00. The van der Waals surface area contributed by atoms with Crippen molar-refractivity contribution in [3.63, 3.8) is 0 Å². The number of aryl methyl sites for hydroxylation is 1. The van der Waals surface area contributed by atoms with Crippen LogP contribution in [0.4, 0.5) is 0 Å². The lowest BCUT2D eigenvalue weighted by atomic mass is 10.3. The van der Waals surface area contributed by atoms with Crippen LogP contribution in [-0.2, 0) is 0 Å². The molecular formula is C6H5NOS. The summed E-state index contributed by atoms with van der Waals surface area (Å²) < 4.78 is 5.88. The minimum Gasteiger partial charge on any atom is -0.363 e. The summed E-state index contributed by atoms with van der Waals surface area (Å²) in [6, 6.07) is 0. The molecule has 0 N–H and O–H groups in total. The maximum absolute atomic E-state index is 4.75. The molecule has 0 aromatic carbocycles. The molecule has 0 bridgehead atoms. The Labute approximate surface area is 56.1 Å². The predicted molar refractivity (Wildman–Crippen MR) is 36.6 cm³/mol. The Morgan fingerprint density at radius 3 is 3.33 bits per heavy atom. The summed E-state index contributed by atoms with van der Waals surface area (Å²) in [4.78, 5) is 0. The van der Waals surface area contributed by atoms with E-state index in [0.717, 1.165) is 10.2 Å². The fourth-order valence-electron chi connectivity index (χ4n) is 0.785. The van der Waals surface area contributed by atoms with Crippen LogP contribution < -0.4 is 0 Å². The Bertz CT molecular complexity index is 322. The standard InChI is InChI=1S/C6H5NOS/c1-4-3-9-5-2-8-7-6(4)5/h2-3H,1H3. The lowest BCUT2D eigenvalue weighted by molar-refractivity contribution is 0.428. The predicted octanol–water partition coefficient (Wildman–Crippen LogP) is 2.20. The zero-order valence-corrected chi connectivity index (χ0v) is 5.73. The number of hydrogen-bond acceptors (Lipinski definition) is 3. The maximum atomic E-state index is 4.75. The topological polar surface area (TPSA) is 26.0 Å². The van der Waals surface area contributed by atoms with E-state index in [1.165, 1.54) is 5.56 Å². The highest BCUT2D eigenvalue weighted by molar-refractivity contribution is 7.17. The number of rotatable bonds is 0. The van der Waals surface area contributed by atoms with Crippen LogP contribution in [0, 0.1) is 6.92 Å². The molecule has 0 amide bonds. The van der Waals surface area contributed by atoms with E-state index in [1.54, 1.807) is 17.6 Å². The molecule has 2 aromatic heterocycles. The third-order valence-electron chi connectivity index (χ3n) is 1.27. The van der Waals surface area contributed by atoms with E-state index < -0.39 is 0 Å². The van der Waals surface area contributed by atoms with Crippen LogP contribution >= 0.6 is 11.3 Å². The van der Waals surface area contributed by atoms with Crippen molar-refractivity contribution < 1.29 is 4.52 Å². The average Bonchev–Trinajstić information content (AvgIpc) is 2.35. The van der Waals surface area contributed by atoms with Crippen LogP contribution in [0.25, 0.3) is 10.2 Å². The fraction of sp³-hybridized carbons (Fsp3) is 0.167. The molecule has 2 nitrogen and oxygen atoms in total. The zero-order valence-electron chi connectivity index (χ0n) is 4.92. The Morgan fingerprint density at radius 2 is 2.56 bits per heavy atom. The molecule has 0 aliphatic heterocycles. The number of aromatic nitrogens is 1. The van der Waals surface area contributed by atoms with Crippen molar-refractivity contribution in [2.24, 2.45) is 0 Å². The summed E-state index contributed by atoms with van der Waals surface area (Å²) in [6.45, 7) is 2.03. The van der Waals surface area contributed by atoms with Gasteiger partial charge in [0.25, 0.3) is 0 Å². The summed E-state index contributed by atoms with van der Waals surface area (Å²) in [5.41, 5.74) is 2.20. The van der Waals surface area contributed by atoms with Gasteiger partial charge >= 0.3 is 0 Å². The lowest BCUT2D eigenvalue weighted by Crippen LogP contribution is -1.62. The Hall–Kier alpha value is -0.830. The van der Waals surface area contributed by atoms with Crippen LogP contribution in [0.15, 0.2) is 16.2 Å². The van der Waals surface area contributed by atoms with E-state index in [0.29, 0.717) is 0 Å². The van der Waals surface area contributed by atoms with Gasteiger partial charge in [-0.3, -0.25) is 0 Å². The van der Waals surface area contributed by atoms with E-state index in [9.17, 15) is 0 Å². The fourth-order valence-corrected chi connectivity index (χ4v) is 1.61. The Kier molecular flexibility index (Phi) is 0.873. The highest BCUT2D eigenvalue weighted by Crippen LogP contribution is 2.22. The molecule has 3 heteroatoms. The molecule has 2 rings (SSSR count). The quantitative estimate of drug-likeness (QED) is 0.559. The molecule has 0 unspecified atom stereocenters. The van der Waals surface area contributed by atoms with Gasteiger partial charge in [-0.25, -0.2) is 0 Å². The first-order chi connectivity index (χ1) is 4.38. The molecule has 0 radical (unpaired) electrons. The van der Waals surface area contributed by atoms with Gasteiger partial charge in [0.05, 0.1) is 4.70 Å². The van der Waals surface area contributed by atoms with Gasteiger partial charge in [-0.2, -0.15) is 0 Å². The first kappa shape index (κ1) is 4.99. The minimum absolute atomic E-state index is 1.00. The molecule has 2 heterocycles. The summed E-state index contributed by atoms with van der Waals surface area (Å²) in [5.74, 6) is 0. The van der Waals surface area contributed by atoms with Gasteiger partial charge in [0.15, 0.2) is 0 Å².